The molecule has 0 aliphatic heterocycles. The average Bonchev–Trinajstić information content (AvgIpc) is 3.14. The summed E-state index contributed by atoms with van der Waals surface area (Å²) in [5.41, 5.74) is 7.40. The van der Waals surface area contributed by atoms with E-state index in [1.165, 1.54) is 12.8 Å². The van der Waals surface area contributed by atoms with Crippen LogP contribution < -0.4 is 11.1 Å². The van der Waals surface area contributed by atoms with Gasteiger partial charge in [0.1, 0.15) is 0 Å². The van der Waals surface area contributed by atoms with E-state index in [0.717, 1.165) is 24.1 Å². The predicted octanol–water partition coefficient (Wildman–Crippen LogP) is 1.03. The predicted molar refractivity (Wildman–Crippen MR) is 60.1 cm³/mol. The van der Waals surface area contributed by atoms with Crippen LogP contribution in [-0.4, -0.2) is 21.6 Å². The Kier molecular flexibility index (Phi) is 1.89. The van der Waals surface area contributed by atoms with E-state index in [4.69, 9.17) is 5.73 Å². The number of carbonyl (C=O) groups is 1. The molecule has 0 atom stereocenters. The normalized spacial score (nSPS) is 21.9. The van der Waals surface area contributed by atoms with Crippen LogP contribution in [0.5, 0.6) is 0 Å². The molecule has 5 heteroatoms. The third-order valence-electron chi connectivity index (χ3n) is 3.51. The molecule has 1 aromatic heterocycles. The summed E-state index contributed by atoms with van der Waals surface area (Å²) < 4.78 is 0. The van der Waals surface area contributed by atoms with Crippen LogP contribution >= 0.6 is 0 Å². The standard InChI is InChI=1S/C11H16N4O/c1-6-8(7-2-3-7)14-15-9(6)13-10(16)11(12)4-5-11/h7H,2-5,12H2,1H3,(H2,13,14,15,16). The van der Waals surface area contributed by atoms with Crippen LogP contribution in [0.25, 0.3) is 0 Å². The minimum Gasteiger partial charge on any atom is -0.317 e. The highest BCUT2D eigenvalue weighted by atomic mass is 16.2. The highest BCUT2D eigenvalue weighted by molar-refractivity contribution is 5.99. The summed E-state index contributed by atoms with van der Waals surface area (Å²) in [5.74, 6) is 1.15. The molecule has 0 radical (unpaired) electrons. The fourth-order valence-corrected chi connectivity index (χ4v) is 1.90. The smallest absolute Gasteiger partial charge is 0.245 e. The first-order valence-electron chi connectivity index (χ1n) is 5.75. The molecule has 16 heavy (non-hydrogen) atoms. The van der Waals surface area contributed by atoms with Gasteiger partial charge in [0.25, 0.3) is 0 Å². The number of H-pyrrole nitrogens is 1. The second-order valence-electron chi connectivity index (χ2n) is 5.00. The van der Waals surface area contributed by atoms with E-state index in [1.807, 2.05) is 6.92 Å². The van der Waals surface area contributed by atoms with Crippen molar-refractivity contribution in [2.24, 2.45) is 5.73 Å². The molecule has 2 aliphatic rings. The maximum Gasteiger partial charge on any atom is 0.245 e. The van der Waals surface area contributed by atoms with Crippen LogP contribution in [0.15, 0.2) is 0 Å². The Labute approximate surface area is 93.8 Å². The van der Waals surface area contributed by atoms with Crippen molar-refractivity contribution < 1.29 is 4.79 Å². The van der Waals surface area contributed by atoms with E-state index in [1.54, 1.807) is 0 Å². The lowest BCUT2D eigenvalue weighted by Gasteiger charge is -2.08. The number of hydrogen-bond donors (Lipinski definition) is 3. The monoisotopic (exact) mass is 220 g/mol. The first-order chi connectivity index (χ1) is 7.60. The Bertz CT molecular complexity index is 443. The molecule has 0 unspecified atom stereocenters. The number of nitrogens with one attached hydrogen (secondary N) is 2. The van der Waals surface area contributed by atoms with Gasteiger partial charge >= 0.3 is 0 Å². The third-order valence-corrected chi connectivity index (χ3v) is 3.51. The zero-order chi connectivity index (χ0) is 11.3. The van der Waals surface area contributed by atoms with Crippen LogP contribution in [0.3, 0.4) is 0 Å². The summed E-state index contributed by atoms with van der Waals surface area (Å²) in [5, 5.41) is 9.96. The topological polar surface area (TPSA) is 83.8 Å². The molecular formula is C11H16N4O. The lowest BCUT2D eigenvalue weighted by Crippen LogP contribution is -2.38. The second kappa shape index (κ2) is 3.07. The summed E-state index contributed by atoms with van der Waals surface area (Å²) in [4.78, 5) is 11.8. The Hall–Kier alpha value is -1.36. The van der Waals surface area contributed by atoms with E-state index in [9.17, 15) is 4.79 Å². The molecule has 0 saturated heterocycles. The lowest BCUT2D eigenvalue weighted by molar-refractivity contribution is -0.118. The first-order valence-corrected chi connectivity index (χ1v) is 5.75. The van der Waals surface area contributed by atoms with E-state index < -0.39 is 5.54 Å². The Morgan fingerprint density at radius 2 is 2.25 bits per heavy atom. The van der Waals surface area contributed by atoms with Crippen molar-refractivity contribution in [2.75, 3.05) is 5.32 Å². The van der Waals surface area contributed by atoms with Crippen molar-refractivity contribution in [3.63, 3.8) is 0 Å². The van der Waals surface area contributed by atoms with Gasteiger partial charge in [0.2, 0.25) is 5.91 Å². The number of nitrogens with two attached hydrogens (primary N) is 1. The number of carbonyl (C=O) groups excluding carboxylic acids is 1. The molecule has 3 rings (SSSR count). The fraction of sp³-hybridized carbons (Fsp3) is 0.636. The van der Waals surface area contributed by atoms with Gasteiger partial charge in [0.15, 0.2) is 5.82 Å². The number of hydrogen-bond acceptors (Lipinski definition) is 3. The van der Waals surface area contributed by atoms with Gasteiger partial charge in [-0.2, -0.15) is 5.10 Å². The van der Waals surface area contributed by atoms with Crippen LogP contribution in [0, 0.1) is 6.92 Å². The number of nitrogens with zero attached hydrogens (tertiary/aromatic N) is 1. The quantitative estimate of drug-likeness (QED) is 0.711. The van der Waals surface area contributed by atoms with E-state index in [-0.39, 0.29) is 5.91 Å². The number of amides is 1. The zero-order valence-corrected chi connectivity index (χ0v) is 9.34. The summed E-state index contributed by atoms with van der Waals surface area (Å²) >= 11 is 0. The maximum atomic E-state index is 11.8. The maximum absolute atomic E-state index is 11.8. The van der Waals surface area contributed by atoms with Crippen molar-refractivity contribution in [2.45, 2.75) is 44.1 Å². The van der Waals surface area contributed by atoms with Gasteiger partial charge in [-0.3, -0.25) is 9.89 Å². The second-order valence-corrected chi connectivity index (χ2v) is 5.00. The zero-order valence-electron chi connectivity index (χ0n) is 9.34. The van der Waals surface area contributed by atoms with Gasteiger partial charge in [0.05, 0.1) is 5.54 Å². The Balaban J connectivity index is 1.76. The van der Waals surface area contributed by atoms with Gasteiger partial charge in [-0.25, -0.2) is 0 Å². The SMILES string of the molecule is Cc1c(NC(=O)C2(N)CC2)n[nH]c1C1CC1. The third kappa shape index (κ3) is 1.51. The van der Waals surface area contributed by atoms with E-state index in [0.29, 0.717) is 11.7 Å². The highest BCUT2D eigenvalue weighted by Gasteiger charge is 2.46. The van der Waals surface area contributed by atoms with Crippen molar-refractivity contribution >= 4 is 11.7 Å². The summed E-state index contributed by atoms with van der Waals surface area (Å²) in [6.07, 6.45) is 3.99. The van der Waals surface area contributed by atoms with Crippen molar-refractivity contribution in [3.05, 3.63) is 11.3 Å². The van der Waals surface area contributed by atoms with E-state index in [2.05, 4.69) is 15.5 Å². The van der Waals surface area contributed by atoms with Gasteiger partial charge < -0.3 is 11.1 Å². The summed E-state index contributed by atoms with van der Waals surface area (Å²) in [7, 11) is 0. The van der Waals surface area contributed by atoms with Crippen molar-refractivity contribution in [3.8, 4) is 0 Å². The molecule has 86 valence electrons. The van der Waals surface area contributed by atoms with Crippen LogP contribution in [0.2, 0.25) is 0 Å². The molecule has 1 amide bonds. The lowest BCUT2D eigenvalue weighted by atomic mass is 10.2. The molecule has 0 aromatic carbocycles. The van der Waals surface area contributed by atoms with Gasteiger partial charge in [-0.15, -0.1) is 0 Å². The molecule has 1 heterocycles. The number of aromatic amines is 1. The highest BCUT2D eigenvalue weighted by Crippen LogP contribution is 2.42. The molecule has 0 spiro atoms. The number of aromatic nitrogens is 2. The molecule has 4 N–H and O–H groups in total. The molecule has 2 aliphatic carbocycles. The Morgan fingerprint density at radius 3 is 2.81 bits per heavy atom. The average molecular weight is 220 g/mol. The summed E-state index contributed by atoms with van der Waals surface area (Å²) in [6, 6.07) is 0. The molecule has 1 aromatic rings. The molecular weight excluding hydrogens is 204 g/mol. The van der Waals surface area contributed by atoms with Crippen molar-refractivity contribution in [1.82, 2.24) is 10.2 Å². The van der Waals surface area contributed by atoms with E-state index >= 15 is 0 Å². The molecule has 2 fully saturated rings. The first kappa shape index (κ1) is 9.84. The largest absolute Gasteiger partial charge is 0.317 e. The Morgan fingerprint density at radius 1 is 1.56 bits per heavy atom. The van der Waals surface area contributed by atoms with Gasteiger partial charge in [0, 0.05) is 17.2 Å². The minimum absolute atomic E-state index is 0.107. The van der Waals surface area contributed by atoms with Crippen molar-refractivity contribution in [1.29, 1.82) is 0 Å². The summed E-state index contributed by atoms with van der Waals surface area (Å²) in [6.45, 7) is 1.99. The van der Waals surface area contributed by atoms with Crippen LogP contribution in [0.1, 0.15) is 42.9 Å². The van der Waals surface area contributed by atoms with Crippen LogP contribution in [-0.2, 0) is 4.79 Å². The number of rotatable bonds is 3. The molecule has 2 saturated carbocycles. The van der Waals surface area contributed by atoms with Crippen LogP contribution in [0.4, 0.5) is 5.82 Å². The fourth-order valence-electron chi connectivity index (χ4n) is 1.90. The van der Waals surface area contributed by atoms with Gasteiger partial charge in [-0.05, 0) is 32.6 Å². The number of anilines is 1. The molecule has 5 nitrogen and oxygen atoms in total. The molecule has 0 bridgehead atoms. The minimum atomic E-state index is -0.634. The van der Waals surface area contributed by atoms with Gasteiger partial charge in [-0.1, -0.05) is 0 Å².